The SMILES string of the molecule is CC(CN(C)S(=O)(=O)c1ccc2c(c1)CCO2)C(=O)O. The van der Waals surface area contributed by atoms with Gasteiger partial charge in [-0.15, -0.1) is 0 Å². The number of benzene rings is 1. The Hall–Kier alpha value is -1.60. The predicted molar refractivity (Wildman–Crippen MR) is 72.3 cm³/mol. The topological polar surface area (TPSA) is 83.9 Å². The molecule has 7 heteroatoms. The molecule has 1 aliphatic heterocycles. The van der Waals surface area contributed by atoms with Crippen LogP contribution in [0.4, 0.5) is 0 Å². The second-order valence-corrected chi connectivity index (χ2v) is 6.94. The molecule has 20 heavy (non-hydrogen) atoms. The molecule has 0 aliphatic carbocycles. The van der Waals surface area contributed by atoms with Crippen molar-refractivity contribution in [2.75, 3.05) is 20.2 Å². The molecule has 0 fully saturated rings. The lowest BCUT2D eigenvalue weighted by molar-refractivity contribution is -0.141. The second-order valence-electron chi connectivity index (χ2n) is 4.89. The first-order valence-electron chi connectivity index (χ1n) is 6.27. The van der Waals surface area contributed by atoms with Gasteiger partial charge in [0, 0.05) is 20.0 Å². The first-order chi connectivity index (χ1) is 9.32. The Morgan fingerprint density at radius 1 is 1.50 bits per heavy atom. The third-order valence-electron chi connectivity index (χ3n) is 3.32. The van der Waals surface area contributed by atoms with E-state index in [1.165, 1.54) is 20.0 Å². The molecular formula is C13H17NO5S. The summed E-state index contributed by atoms with van der Waals surface area (Å²) in [7, 11) is -2.29. The van der Waals surface area contributed by atoms with Crippen LogP contribution in [0.3, 0.4) is 0 Å². The lowest BCUT2D eigenvalue weighted by Crippen LogP contribution is -2.33. The molecule has 0 aromatic heterocycles. The Morgan fingerprint density at radius 2 is 2.20 bits per heavy atom. The maximum Gasteiger partial charge on any atom is 0.307 e. The van der Waals surface area contributed by atoms with E-state index < -0.39 is 21.9 Å². The van der Waals surface area contributed by atoms with Crippen molar-refractivity contribution >= 4 is 16.0 Å². The van der Waals surface area contributed by atoms with Gasteiger partial charge in [-0.2, -0.15) is 0 Å². The van der Waals surface area contributed by atoms with E-state index in [4.69, 9.17) is 9.84 Å². The molecule has 1 unspecified atom stereocenters. The van der Waals surface area contributed by atoms with Gasteiger partial charge in [0.15, 0.2) is 0 Å². The molecule has 0 radical (unpaired) electrons. The van der Waals surface area contributed by atoms with Gasteiger partial charge in [0.2, 0.25) is 10.0 Å². The van der Waals surface area contributed by atoms with Crippen molar-refractivity contribution in [2.45, 2.75) is 18.2 Å². The van der Waals surface area contributed by atoms with E-state index in [1.807, 2.05) is 0 Å². The van der Waals surface area contributed by atoms with E-state index in [2.05, 4.69) is 0 Å². The van der Waals surface area contributed by atoms with Crippen LogP contribution < -0.4 is 4.74 Å². The Morgan fingerprint density at radius 3 is 2.85 bits per heavy atom. The minimum Gasteiger partial charge on any atom is -0.493 e. The third kappa shape index (κ3) is 2.78. The zero-order valence-electron chi connectivity index (χ0n) is 11.4. The number of fused-ring (bicyclic) bond motifs is 1. The summed E-state index contributed by atoms with van der Waals surface area (Å²) >= 11 is 0. The molecule has 2 rings (SSSR count). The van der Waals surface area contributed by atoms with Crippen LogP contribution in [0.5, 0.6) is 5.75 Å². The monoisotopic (exact) mass is 299 g/mol. The number of ether oxygens (including phenoxy) is 1. The Bertz CT molecular complexity index is 626. The van der Waals surface area contributed by atoms with E-state index in [9.17, 15) is 13.2 Å². The van der Waals surface area contributed by atoms with E-state index in [1.54, 1.807) is 12.1 Å². The van der Waals surface area contributed by atoms with Gasteiger partial charge in [-0.05, 0) is 23.8 Å². The van der Waals surface area contributed by atoms with Crippen LogP contribution in [0.1, 0.15) is 12.5 Å². The summed E-state index contributed by atoms with van der Waals surface area (Å²) in [5.41, 5.74) is 0.866. The molecule has 1 heterocycles. The molecule has 0 saturated heterocycles. The summed E-state index contributed by atoms with van der Waals surface area (Å²) in [5.74, 6) is -1.06. The quantitative estimate of drug-likeness (QED) is 0.875. The first kappa shape index (κ1) is 14.8. The minimum absolute atomic E-state index is 0.0642. The summed E-state index contributed by atoms with van der Waals surface area (Å²) in [6.45, 7) is 1.97. The van der Waals surface area contributed by atoms with Crippen molar-refractivity contribution < 1.29 is 23.1 Å². The van der Waals surface area contributed by atoms with Crippen molar-refractivity contribution in [3.8, 4) is 5.75 Å². The maximum atomic E-state index is 12.4. The van der Waals surface area contributed by atoms with Crippen molar-refractivity contribution in [3.05, 3.63) is 23.8 Å². The molecule has 1 atom stereocenters. The van der Waals surface area contributed by atoms with E-state index in [0.29, 0.717) is 18.8 Å². The van der Waals surface area contributed by atoms with Gasteiger partial charge in [0.1, 0.15) is 5.75 Å². The molecule has 1 N–H and O–H groups in total. The Labute approximate surface area is 118 Å². The van der Waals surface area contributed by atoms with Gasteiger partial charge in [0.25, 0.3) is 0 Å². The Balaban J connectivity index is 2.24. The summed E-state index contributed by atoms with van der Waals surface area (Å²) in [6, 6.07) is 4.73. The number of aliphatic carboxylic acids is 1. The Kier molecular flexibility index (Phi) is 4.01. The summed E-state index contributed by atoms with van der Waals surface area (Å²) < 4.78 is 31.2. The molecule has 1 aromatic rings. The molecule has 0 amide bonds. The number of carboxylic acids is 1. The average Bonchev–Trinajstić information content (AvgIpc) is 2.85. The summed E-state index contributed by atoms with van der Waals surface area (Å²) in [6.07, 6.45) is 0.688. The number of sulfonamides is 1. The van der Waals surface area contributed by atoms with Crippen LogP contribution in [0.15, 0.2) is 23.1 Å². The van der Waals surface area contributed by atoms with Gasteiger partial charge in [-0.1, -0.05) is 6.92 Å². The van der Waals surface area contributed by atoms with Crippen LogP contribution in [0.2, 0.25) is 0 Å². The number of carboxylic acid groups (broad SMARTS) is 1. The fourth-order valence-electron chi connectivity index (χ4n) is 2.07. The minimum atomic E-state index is -3.67. The highest BCUT2D eigenvalue weighted by molar-refractivity contribution is 7.89. The van der Waals surface area contributed by atoms with E-state index >= 15 is 0 Å². The van der Waals surface area contributed by atoms with Gasteiger partial charge >= 0.3 is 5.97 Å². The lowest BCUT2D eigenvalue weighted by Gasteiger charge is -2.19. The van der Waals surface area contributed by atoms with Crippen LogP contribution in [-0.2, 0) is 21.2 Å². The fraction of sp³-hybridized carbons (Fsp3) is 0.462. The summed E-state index contributed by atoms with van der Waals surface area (Å²) in [5, 5.41) is 8.86. The highest BCUT2D eigenvalue weighted by Gasteiger charge is 2.26. The molecular weight excluding hydrogens is 282 g/mol. The smallest absolute Gasteiger partial charge is 0.307 e. The van der Waals surface area contributed by atoms with Crippen LogP contribution in [0.25, 0.3) is 0 Å². The average molecular weight is 299 g/mol. The number of rotatable bonds is 5. The number of hydrogen-bond donors (Lipinski definition) is 1. The van der Waals surface area contributed by atoms with Gasteiger partial charge < -0.3 is 9.84 Å². The molecule has 0 bridgehead atoms. The normalized spacial score (nSPS) is 15.8. The zero-order chi connectivity index (χ0) is 14.9. The fourth-order valence-corrected chi connectivity index (χ4v) is 3.38. The number of nitrogens with zero attached hydrogens (tertiary/aromatic N) is 1. The standard InChI is InChI=1S/C13H17NO5S/c1-9(13(15)16)8-14(2)20(17,18)11-3-4-12-10(7-11)5-6-19-12/h3-4,7,9H,5-6,8H2,1-2H3,(H,15,16). The molecule has 110 valence electrons. The summed E-state index contributed by atoms with van der Waals surface area (Å²) in [4.78, 5) is 11.0. The van der Waals surface area contributed by atoms with Gasteiger partial charge in [0.05, 0.1) is 17.4 Å². The molecule has 1 aromatic carbocycles. The van der Waals surface area contributed by atoms with Crippen molar-refractivity contribution in [1.29, 1.82) is 0 Å². The van der Waals surface area contributed by atoms with Crippen molar-refractivity contribution in [1.82, 2.24) is 4.31 Å². The zero-order valence-corrected chi connectivity index (χ0v) is 12.2. The van der Waals surface area contributed by atoms with E-state index in [0.717, 1.165) is 9.87 Å². The molecule has 1 aliphatic rings. The highest BCUT2D eigenvalue weighted by Crippen LogP contribution is 2.28. The number of hydrogen-bond acceptors (Lipinski definition) is 4. The molecule has 6 nitrogen and oxygen atoms in total. The van der Waals surface area contributed by atoms with Crippen molar-refractivity contribution in [2.24, 2.45) is 5.92 Å². The molecule has 0 saturated carbocycles. The largest absolute Gasteiger partial charge is 0.493 e. The van der Waals surface area contributed by atoms with Crippen LogP contribution >= 0.6 is 0 Å². The maximum absolute atomic E-state index is 12.4. The first-order valence-corrected chi connectivity index (χ1v) is 7.71. The van der Waals surface area contributed by atoms with Gasteiger partial charge in [-0.25, -0.2) is 12.7 Å². The second kappa shape index (κ2) is 5.41. The highest BCUT2D eigenvalue weighted by atomic mass is 32.2. The third-order valence-corrected chi connectivity index (χ3v) is 5.14. The predicted octanol–water partition coefficient (Wildman–Crippen LogP) is 0.963. The molecule has 0 spiro atoms. The van der Waals surface area contributed by atoms with Crippen LogP contribution in [-0.4, -0.2) is 44.0 Å². The van der Waals surface area contributed by atoms with Crippen LogP contribution in [0, 0.1) is 5.92 Å². The van der Waals surface area contributed by atoms with Gasteiger partial charge in [-0.3, -0.25) is 4.79 Å². The lowest BCUT2D eigenvalue weighted by atomic mass is 10.2. The van der Waals surface area contributed by atoms with Crippen molar-refractivity contribution in [3.63, 3.8) is 0 Å². The van der Waals surface area contributed by atoms with E-state index in [-0.39, 0.29) is 11.4 Å². The number of carbonyl (C=O) groups is 1.